The van der Waals surface area contributed by atoms with E-state index in [2.05, 4.69) is 35.7 Å². The molecule has 0 amide bonds. The third-order valence-electron chi connectivity index (χ3n) is 2.67. The Morgan fingerprint density at radius 2 is 1.90 bits per heavy atom. The van der Waals surface area contributed by atoms with Gasteiger partial charge in [-0.2, -0.15) is 0 Å². The van der Waals surface area contributed by atoms with Crippen molar-refractivity contribution in [3.63, 3.8) is 0 Å². The Hall–Kier alpha value is -1.40. The maximum Gasteiger partial charge on any atom is 0.231 e. The summed E-state index contributed by atoms with van der Waals surface area (Å²) < 4.78 is 24.7. The lowest BCUT2D eigenvalue weighted by molar-refractivity contribution is 0.607. The van der Waals surface area contributed by atoms with Crippen molar-refractivity contribution >= 4 is 26.5 Å². The molecule has 0 saturated heterocycles. The highest BCUT2D eigenvalue weighted by Crippen LogP contribution is 2.25. The second kappa shape index (κ2) is 5.93. The Balaban J connectivity index is 2.16. The minimum atomic E-state index is -3.27. The SMILES string of the molecule is CC(C)Cc1ccc(-c2csc(NS(C)(=O)=O)n2)cc1. The molecule has 4 nitrogen and oxygen atoms in total. The van der Waals surface area contributed by atoms with E-state index in [0.717, 1.165) is 23.9 Å². The summed E-state index contributed by atoms with van der Waals surface area (Å²) in [5, 5.41) is 2.25. The highest BCUT2D eigenvalue weighted by Gasteiger charge is 2.08. The standard InChI is InChI=1S/C14H18N2O2S2/c1-10(2)8-11-4-6-12(7-5-11)13-9-19-14(15-13)16-20(3,17)18/h4-7,9-10H,8H2,1-3H3,(H,15,16). The molecule has 1 N–H and O–H groups in total. The van der Waals surface area contributed by atoms with Crippen LogP contribution in [0.3, 0.4) is 0 Å². The summed E-state index contributed by atoms with van der Waals surface area (Å²) in [5.41, 5.74) is 3.08. The van der Waals surface area contributed by atoms with E-state index in [1.807, 2.05) is 17.5 Å². The van der Waals surface area contributed by atoms with Gasteiger partial charge < -0.3 is 0 Å². The van der Waals surface area contributed by atoms with Gasteiger partial charge in [-0.05, 0) is 17.9 Å². The van der Waals surface area contributed by atoms with Crippen LogP contribution in [0.4, 0.5) is 5.13 Å². The van der Waals surface area contributed by atoms with Crippen LogP contribution in [0.2, 0.25) is 0 Å². The van der Waals surface area contributed by atoms with Crippen LogP contribution in [-0.2, 0) is 16.4 Å². The third kappa shape index (κ3) is 4.31. The molecule has 0 saturated carbocycles. The van der Waals surface area contributed by atoms with Gasteiger partial charge in [-0.3, -0.25) is 4.72 Å². The Morgan fingerprint density at radius 1 is 1.25 bits per heavy atom. The number of anilines is 1. The summed E-state index contributed by atoms with van der Waals surface area (Å²) in [6, 6.07) is 8.24. The van der Waals surface area contributed by atoms with Crippen LogP contribution in [0.15, 0.2) is 29.6 Å². The lowest BCUT2D eigenvalue weighted by atomic mass is 10.0. The van der Waals surface area contributed by atoms with Gasteiger partial charge in [-0.1, -0.05) is 38.1 Å². The maximum absolute atomic E-state index is 11.1. The van der Waals surface area contributed by atoms with Crippen LogP contribution >= 0.6 is 11.3 Å². The number of rotatable bonds is 5. The average Bonchev–Trinajstić information content (AvgIpc) is 2.75. The fourth-order valence-electron chi connectivity index (χ4n) is 1.89. The van der Waals surface area contributed by atoms with E-state index in [1.54, 1.807) is 0 Å². The molecule has 0 fully saturated rings. The summed E-state index contributed by atoms with van der Waals surface area (Å²) in [7, 11) is -3.27. The summed E-state index contributed by atoms with van der Waals surface area (Å²) in [4.78, 5) is 4.28. The molecule has 0 atom stereocenters. The van der Waals surface area contributed by atoms with Crippen molar-refractivity contribution in [2.24, 2.45) is 5.92 Å². The van der Waals surface area contributed by atoms with Gasteiger partial charge in [0.2, 0.25) is 10.0 Å². The topological polar surface area (TPSA) is 59.1 Å². The van der Waals surface area contributed by atoms with Crippen molar-refractivity contribution < 1.29 is 8.42 Å². The number of thiazole rings is 1. The second-order valence-electron chi connectivity index (χ2n) is 5.21. The van der Waals surface area contributed by atoms with Crippen molar-refractivity contribution in [3.05, 3.63) is 35.2 Å². The van der Waals surface area contributed by atoms with E-state index in [-0.39, 0.29) is 0 Å². The molecule has 0 radical (unpaired) electrons. The number of aromatic nitrogens is 1. The Kier molecular flexibility index (Phi) is 4.45. The first-order chi connectivity index (χ1) is 9.33. The molecule has 0 aliphatic carbocycles. The first-order valence-electron chi connectivity index (χ1n) is 6.36. The highest BCUT2D eigenvalue weighted by molar-refractivity contribution is 7.92. The van der Waals surface area contributed by atoms with Gasteiger partial charge in [0.25, 0.3) is 0 Å². The minimum Gasteiger partial charge on any atom is -0.259 e. The summed E-state index contributed by atoms with van der Waals surface area (Å²) in [6.07, 6.45) is 2.17. The molecule has 6 heteroatoms. The number of nitrogens with one attached hydrogen (secondary N) is 1. The van der Waals surface area contributed by atoms with Gasteiger partial charge in [0.1, 0.15) is 0 Å². The van der Waals surface area contributed by atoms with Crippen molar-refractivity contribution in [1.82, 2.24) is 4.98 Å². The van der Waals surface area contributed by atoms with Crippen LogP contribution in [0, 0.1) is 5.92 Å². The van der Waals surface area contributed by atoms with Crippen LogP contribution in [0.5, 0.6) is 0 Å². The highest BCUT2D eigenvalue weighted by atomic mass is 32.2. The molecule has 2 aromatic rings. The summed E-state index contributed by atoms with van der Waals surface area (Å²) in [6.45, 7) is 4.38. The van der Waals surface area contributed by atoms with Crippen LogP contribution in [-0.4, -0.2) is 19.7 Å². The first kappa shape index (κ1) is 15.0. The molecule has 2 rings (SSSR count). The van der Waals surface area contributed by atoms with Crippen molar-refractivity contribution in [2.75, 3.05) is 11.0 Å². The predicted octanol–water partition coefficient (Wildman–Crippen LogP) is 3.38. The van der Waals surface area contributed by atoms with Crippen LogP contribution in [0.25, 0.3) is 11.3 Å². The number of hydrogen-bond acceptors (Lipinski definition) is 4. The normalized spacial score (nSPS) is 11.8. The predicted molar refractivity (Wildman–Crippen MR) is 84.6 cm³/mol. The van der Waals surface area contributed by atoms with E-state index in [1.165, 1.54) is 16.9 Å². The molecule has 0 spiro atoms. The molecule has 1 aromatic carbocycles. The monoisotopic (exact) mass is 310 g/mol. The Labute approximate surface area is 123 Å². The molecule has 0 aliphatic heterocycles. The lowest BCUT2D eigenvalue weighted by Gasteiger charge is -2.05. The third-order valence-corrected chi connectivity index (χ3v) is 4.12. The quantitative estimate of drug-likeness (QED) is 0.921. The Bertz CT molecular complexity index is 673. The van der Waals surface area contributed by atoms with Crippen LogP contribution in [0.1, 0.15) is 19.4 Å². The zero-order valence-electron chi connectivity index (χ0n) is 11.8. The lowest BCUT2D eigenvalue weighted by Crippen LogP contribution is -2.09. The molecule has 0 unspecified atom stereocenters. The van der Waals surface area contributed by atoms with Gasteiger partial charge in [0, 0.05) is 10.9 Å². The van der Waals surface area contributed by atoms with Crippen molar-refractivity contribution in [3.8, 4) is 11.3 Å². The molecule has 20 heavy (non-hydrogen) atoms. The van der Waals surface area contributed by atoms with Gasteiger partial charge in [0.05, 0.1) is 11.9 Å². The van der Waals surface area contributed by atoms with E-state index in [4.69, 9.17) is 0 Å². The molecule has 1 heterocycles. The second-order valence-corrected chi connectivity index (χ2v) is 7.81. The fourth-order valence-corrected chi connectivity index (χ4v) is 3.47. The van der Waals surface area contributed by atoms with E-state index in [9.17, 15) is 8.42 Å². The number of hydrogen-bond donors (Lipinski definition) is 1. The van der Waals surface area contributed by atoms with Crippen molar-refractivity contribution in [1.29, 1.82) is 0 Å². The molecular formula is C14H18N2O2S2. The smallest absolute Gasteiger partial charge is 0.231 e. The number of sulfonamides is 1. The zero-order valence-corrected chi connectivity index (χ0v) is 13.4. The zero-order chi connectivity index (χ0) is 14.8. The molecule has 0 bridgehead atoms. The fraction of sp³-hybridized carbons (Fsp3) is 0.357. The van der Waals surface area contributed by atoms with E-state index < -0.39 is 10.0 Å². The first-order valence-corrected chi connectivity index (χ1v) is 9.13. The Morgan fingerprint density at radius 3 is 2.45 bits per heavy atom. The van der Waals surface area contributed by atoms with E-state index in [0.29, 0.717) is 11.0 Å². The summed E-state index contributed by atoms with van der Waals surface area (Å²) >= 11 is 1.28. The minimum absolute atomic E-state index is 0.397. The summed E-state index contributed by atoms with van der Waals surface area (Å²) in [5.74, 6) is 0.630. The largest absolute Gasteiger partial charge is 0.259 e. The molecule has 108 valence electrons. The van der Waals surface area contributed by atoms with Crippen LogP contribution < -0.4 is 4.72 Å². The van der Waals surface area contributed by atoms with E-state index >= 15 is 0 Å². The van der Waals surface area contributed by atoms with Gasteiger partial charge in [-0.15, -0.1) is 11.3 Å². The molecule has 1 aromatic heterocycles. The van der Waals surface area contributed by atoms with Gasteiger partial charge >= 0.3 is 0 Å². The average molecular weight is 310 g/mol. The molecule has 0 aliphatic rings. The molecular weight excluding hydrogens is 292 g/mol. The number of benzene rings is 1. The van der Waals surface area contributed by atoms with Crippen molar-refractivity contribution in [2.45, 2.75) is 20.3 Å². The van der Waals surface area contributed by atoms with Gasteiger partial charge in [0.15, 0.2) is 5.13 Å². The maximum atomic E-state index is 11.1. The number of nitrogens with zero attached hydrogens (tertiary/aromatic N) is 1. The van der Waals surface area contributed by atoms with Gasteiger partial charge in [-0.25, -0.2) is 13.4 Å².